The van der Waals surface area contributed by atoms with Gasteiger partial charge in [-0.05, 0) is 0 Å². The number of rotatable bonds is 2. The molecule has 0 aromatic heterocycles. The standard InChI is InChI=1S/C12H14IN4/c14-9-3-1-7(5-11(9)16)13-8-2-4-10(15)12(17)6-8/h1-6H,14-17H2/q-1. The van der Waals surface area contributed by atoms with E-state index in [1.807, 2.05) is 36.4 Å². The van der Waals surface area contributed by atoms with E-state index in [1.165, 1.54) is 7.14 Å². The Kier molecular flexibility index (Phi) is 3.28. The van der Waals surface area contributed by atoms with Crippen LogP contribution >= 0.6 is 0 Å². The predicted molar refractivity (Wildman–Crippen MR) is 67.9 cm³/mol. The van der Waals surface area contributed by atoms with E-state index in [9.17, 15) is 0 Å². The van der Waals surface area contributed by atoms with Crippen LogP contribution in [0.2, 0.25) is 0 Å². The summed E-state index contributed by atoms with van der Waals surface area (Å²) in [6.07, 6.45) is 0. The van der Waals surface area contributed by atoms with Gasteiger partial charge in [0.1, 0.15) is 0 Å². The van der Waals surface area contributed by atoms with Crippen molar-refractivity contribution in [1.29, 1.82) is 0 Å². The first-order valence-corrected chi connectivity index (χ1v) is 7.17. The van der Waals surface area contributed by atoms with Crippen LogP contribution in [-0.4, -0.2) is 0 Å². The van der Waals surface area contributed by atoms with Gasteiger partial charge in [0, 0.05) is 0 Å². The summed E-state index contributed by atoms with van der Waals surface area (Å²) in [7, 11) is 0. The van der Waals surface area contributed by atoms with Crippen LogP contribution in [0.1, 0.15) is 0 Å². The Morgan fingerprint density at radius 1 is 0.588 bits per heavy atom. The van der Waals surface area contributed by atoms with Crippen LogP contribution in [0.15, 0.2) is 36.4 Å². The molecule has 0 atom stereocenters. The molecule has 90 valence electrons. The first-order valence-electron chi connectivity index (χ1n) is 5.01. The Bertz CT molecular complexity index is 505. The molecule has 4 nitrogen and oxygen atoms in total. The van der Waals surface area contributed by atoms with Gasteiger partial charge >= 0.3 is 110 Å². The summed E-state index contributed by atoms with van der Waals surface area (Å²) in [5, 5.41) is 0. The molecule has 0 spiro atoms. The normalized spacial score (nSPS) is 10.6. The van der Waals surface area contributed by atoms with E-state index in [4.69, 9.17) is 22.9 Å². The van der Waals surface area contributed by atoms with Crippen LogP contribution in [0.4, 0.5) is 22.7 Å². The summed E-state index contributed by atoms with van der Waals surface area (Å²) >= 11 is -0.302. The summed E-state index contributed by atoms with van der Waals surface area (Å²) in [4.78, 5) is 0. The number of benzene rings is 2. The molecule has 0 unspecified atom stereocenters. The zero-order valence-electron chi connectivity index (χ0n) is 9.15. The van der Waals surface area contributed by atoms with Gasteiger partial charge in [-0.2, -0.15) is 0 Å². The van der Waals surface area contributed by atoms with Gasteiger partial charge in [-0.1, -0.05) is 0 Å². The van der Waals surface area contributed by atoms with E-state index < -0.39 is 0 Å². The summed E-state index contributed by atoms with van der Waals surface area (Å²) in [5.74, 6) is 0. The second-order valence-electron chi connectivity index (χ2n) is 3.64. The van der Waals surface area contributed by atoms with Gasteiger partial charge in [-0.3, -0.25) is 0 Å². The maximum absolute atomic E-state index is 5.78. The molecule has 0 saturated carbocycles. The monoisotopic (exact) mass is 341 g/mol. The fraction of sp³-hybridized carbons (Fsp3) is 0. The third kappa shape index (κ3) is 2.73. The van der Waals surface area contributed by atoms with Crippen molar-refractivity contribution in [1.82, 2.24) is 0 Å². The molecule has 2 rings (SSSR count). The Labute approximate surface area is 110 Å². The summed E-state index contributed by atoms with van der Waals surface area (Å²) in [5.41, 5.74) is 25.4. The van der Waals surface area contributed by atoms with Crippen molar-refractivity contribution in [3.63, 3.8) is 0 Å². The molecule has 8 N–H and O–H groups in total. The zero-order valence-corrected chi connectivity index (χ0v) is 11.3. The Hall–Kier alpha value is -1.63. The van der Waals surface area contributed by atoms with Gasteiger partial charge in [0.25, 0.3) is 0 Å². The molecular formula is C12H14IN4-. The van der Waals surface area contributed by atoms with E-state index >= 15 is 0 Å². The fourth-order valence-electron chi connectivity index (χ4n) is 1.33. The average molecular weight is 341 g/mol. The van der Waals surface area contributed by atoms with Crippen LogP contribution in [0.25, 0.3) is 0 Å². The molecule has 0 aliphatic rings. The molecule has 0 radical (unpaired) electrons. The number of nitrogens with two attached hydrogens (primary N) is 4. The van der Waals surface area contributed by atoms with Crippen molar-refractivity contribution in [2.24, 2.45) is 0 Å². The minimum atomic E-state index is -0.302. The molecule has 0 bridgehead atoms. The van der Waals surface area contributed by atoms with Gasteiger partial charge in [0.05, 0.1) is 0 Å². The van der Waals surface area contributed by atoms with Crippen molar-refractivity contribution in [2.75, 3.05) is 22.9 Å². The summed E-state index contributed by atoms with van der Waals surface area (Å²) in [6, 6.07) is 11.5. The second kappa shape index (κ2) is 4.70. The quantitative estimate of drug-likeness (QED) is 0.380. The molecule has 2 aromatic rings. The van der Waals surface area contributed by atoms with Crippen LogP contribution < -0.4 is 44.1 Å². The van der Waals surface area contributed by atoms with Crippen LogP contribution in [0, 0.1) is 7.14 Å². The third-order valence-electron chi connectivity index (χ3n) is 2.32. The van der Waals surface area contributed by atoms with Crippen molar-refractivity contribution < 1.29 is 21.2 Å². The molecule has 0 aliphatic carbocycles. The van der Waals surface area contributed by atoms with Crippen molar-refractivity contribution >= 4 is 22.7 Å². The Morgan fingerprint density at radius 2 is 1.00 bits per heavy atom. The molecule has 0 fully saturated rings. The van der Waals surface area contributed by atoms with Crippen molar-refractivity contribution in [3.8, 4) is 0 Å². The summed E-state index contributed by atoms with van der Waals surface area (Å²) < 4.78 is 2.42. The molecule has 17 heavy (non-hydrogen) atoms. The van der Waals surface area contributed by atoms with Gasteiger partial charge in [-0.25, -0.2) is 0 Å². The molecule has 0 heterocycles. The molecule has 0 saturated heterocycles. The minimum absolute atomic E-state index is 0.302. The average Bonchev–Trinajstić information content (AvgIpc) is 2.29. The number of hydrogen-bond donors (Lipinski definition) is 4. The Morgan fingerprint density at radius 3 is 1.35 bits per heavy atom. The zero-order chi connectivity index (χ0) is 12.4. The van der Waals surface area contributed by atoms with Gasteiger partial charge in [0.15, 0.2) is 0 Å². The van der Waals surface area contributed by atoms with E-state index in [2.05, 4.69) is 0 Å². The fourth-order valence-corrected chi connectivity index (χ4v) is 3.76. The number of anilines is 4. The Balaban J connectivity index is 2.25. The van der Waals surface area contributed by atoms with Gasteiger partial charge < -0.3 is 0 Å². The molecule has 0 amide bonds. The molecule has 0 aliphatic heterocycles. The van der Waals surface area contributed by atoms with Crippen LogP contribution in [0.3, 0.4) is 0 Å². The number of nitrogen functional groups attached to an aromatic ring is 4. The van der Waals surface area contributed by atoms with Crippen LogP contribution in [-0.2, 0) is 0 Å². The van der Waals surface area contributed by atoms with E-state index in [0.29, 0.717) is 22.7 Å². The van der Waals surface area contributed by atoms with E-state index in [-0.39, 0.29) is 21.2 Å². The number of halogens is 1. The van der Waals surface area contributed by atoms with Crippen LogP contribution in [0.5, 0.6) is 0 Å². The maximum atomic E-state index is 5.78. The van der Waals surface area contributed by atoms with Crippen molar-refractivity contribution in [3.05, 3.63) is 43.5 Å². The topological polar surface area (TPSA) is 104 Å². The van der Waals surface area contributed by atoms with Gasteiger partial charge in [-0.15, -0.1) is 0 Å². The van der Waals surface area contributed by atoms with Gasteiger partial charge in [0.2, 0.25) is 0 Å². The first kappa shape index (κ1) is 11.8. The summed E-state index contributed by atoms with van der Waals surface area (Å²) in [6.45, 7) is 0. The second-order valence-corrected chi connectivity index (χ2v) is 6.67. The predicted octanol–water partition coefficient (Wildman–Crippen LogP) is -1.86. The molecule has 2 aromatic carbocycles. The van der Waals surface area contributed by atoms with E-state index in [1.54, 1.807) is 0 Å². The van der Waals surface area contributed by atoms with Crippen molar-refractivity contribution in [2.45, 2.75) is 0 Å². The third-order valence-corrected chi connectivity index (χ3v) is 4.90. The first-order chi connectivity index (χ1) is 8.06. The van der Waals surface area contributed by atoms with E-state index in [0.717, 1.165) is 0 Å². The SMILES string of the molecule is Nc1ccc([I-]c2ccc(N)c(N)c2)cc1N. The molecular weight excluding hydrogens is 327 g/mol. The number of hydrogen-bond acceptors (Lipinski definition) is 4. The molecule has 5 heteroatoms.